The highest BCUT2D eigenvalue weighted by molar-refractivity contribution is 5.84. The van der Waals surface area contributed by atoms with Crippen molar-refractivity contribution in [2.75, 3.05) is 7.11 Å². The Morgan fingerprint density at radius 1 is 0.875 bits per heavy atom. The quantitative estimate of drug-likeness (QED) is 0.133. The third-order valence-electron chi connectivity index (χ3n) is 8.55. The summed E-state index contributed by atoms with van der Waals surface area (Å²) in [6, 6.07) is 8.66. The van der Waals surface area contributed by atoms with Crippen molar-refractivity contribution in [1.29, 1.82) is 0 Å². The Bertz CT molecular complexity index is 1710. The van der Waals surface area contributed by atoms with Crippen LogP contribution in [-0.2, 0) is 9.53 Å². The first-order valence-electron chi connectivity index (χ1n) is 15.0. The van der Waals surface area contributed by atoms with Crippen molar-refractivity contribution in [2.45, 2.75) is 89.7 Å². The molecule has 1 aliphatic carbocycles. The van der Waals surface area contributed by atoms with Crippen LogP contribution in [0.4, 0.5) is 26.3 Å². The van der Waals surface area contributed by atoms with Crippen LogP contribution in [0.3, 0.4) is 0 Å². The molecule has 0 bridgehead atoms. The van der Waals surface area contributed by atoms with Crippen LogP contribution in [-0.4, -0.2) is 48.9 Å². The normalized spacial score (nSPS) is 20.3. The van der Waals surface area contributed by atoms with Crippen LogP contribution in [0, 0.1) is 11.3 Å². The lowest BCUT2D eigenvalue weighted by molar-refractivity contribution is -0.274. The van der Waals surface area contributed by atoms with Crippen molar-refractivity contribution >= 4 is 16.9 Å². The number of hydrogen-bond acceptors (Lipinski definition) is 9. The van der Waals surface area contributed by atoms with Crippen LogP contribution in [0.2, 0.25) is 0 Å². The summed E-state index contributed by atoms with van der Waals surface area (Å²) < 4.78 is 108. The molecular formula is C33H38F6N2O7. The molecule has 1 heterocycles. The van der Waals surface area contributed by atoms with E-state index in [1.165, 1.54) is 50.4 Å². The van der Waals surface area contributed by atoms with Gasteiger partial charge in [0.1, 0.15) is 41.0 Å². The second-order valence-electron chi connectivity index (χ2n) is 13.5. The van der Waals surface area contributed by atoms with E-state index in [1.54, 1.807) is 27.7 Å². The van der Waals surface area contributed by atoms with Crippen molar-refractivity contribution in [3.63, 3.8) is 0 Å². The lowest BCUT2D eigenvalue weighted by Gasteiger charge is -2.43. The molecule has 1 fully saturated rings. The summed E-state index contributed by atoms with van der Waals surface area (Å²) in [6.07, 6.45) is -13.1. The largest absolute Gasteiger partial charge is 0.573 e. The molecule has 15 heteroatoms. The molecule has 0 spiro atoms. The number of carbonyl (C=O) groups excluding carboxylic acids is 1. The molecule has 4 rings (SSSR count). The molecule has 9 nitrogen and oxygen atoms in total. The van der Waals surface area contributed by atoms with Crippen molar-refractivity contribution in [2.24, 2.45) is 22.8 Å². The van der Waals surface area contributed by atoms with Crippen molar-refractivity contribution in [1.82, 2.24) is 0 Å². The Morgan fingerprint density at radius 3 is 2.06 bits per heavy atom. The molecule has 0 amide bonds. The first kappa shape index (κ1) is 36.8. The fourth-order valence-electron chi connectivity index (χ4n) is 5.94. The van der Waals surface area contributed by atoms with E-state index in [1.807, 2.05) is 0 Å². The molecule has 264 valence electrons. The van der Waals surface area contributed by atoms with E-state index < -0.39 is 64.5 Å². The van der Waals surface area contributed by atoms with E-state index in [4.69, 9.17) is 30.1 Å². The van der Waals surface area contributed by atoms with Gasteiger partial charge in [-0.05, 0) is 84.2 Å². The van der Waals surface area contributed by atoms with Gasteiger partial charge in [0.25, 0.3) is 0 Å². The molecular weight excluding hydrogens is 650 g/mol. The molecule has 3 aromatic rings. The standard InChI is InChI=1S/C33H38F6N2O7/c1-29(2,40)16-31(5,30(3,4)41)28(43)47-23-12-11-22(26(23)32(34,35)36)45-19-8-7-17-13-21(27(42)46-24(17)15-19)20-10-9-18(44-6)14-25(20)48-33(37,38)39/h7-10,13-15,22-23,26H,11-12,16,40-41H2,1-6H3. The number of carbonyl (C=O) groups is 1. The molecule has 1 saturated carbocycles. The number of fused-ring (bicyclic) bond motifs is 1. The average Bonchev–Trinajstić information content (AvgIpc) is 3.32. The smallest absolute Gasteiger partial charge is 0.497 e. The van der Waals surface area contributed by atoms with E-state index in [0.29, 0.717) is 0 Å². The predicted molar refractivity (Wildman–Crippen MR) is 163 cm³/mol. The van der Waals surface area contributed by atoms with Gasteiger partial charge < -0.3 is 34.8 Å². The highest BCUT2D eigenvalue weighted by Gasteiger charge is 2.57. The van der Waals surface area contributed by atoms with Crippen LogP contribution >= 0.6 is 0 Å². The number of halogens is 6. The summed E-state index contributed by atoms with van der Waals surface area (Å²) in [6.45, 7) is 8.02. The molecule has 0 radical (unpaired) electrons. The SMILES string of the molecule is COc1ccc(-c2cc3ccc(OC4CCC(OC(=O)C(C)(CC(C)(C)N)C(C)(C)N)C4C(F)(F)F)cc3oc2=O)c(OC(F)(F)F)c1. The fourth-order valence-corrected chi connectivity index (χ4v) is 5.94. The maximum Gasteiger partial charge on any atom is 0.573 e. The van der Waals surface area contributed by atoms with Crippen molar-refractivity contribution < 1.29 is 54.5 Å². The van der Waals surface area contributed by atoms with Gasteiger partial charge in [-0.15, -0.1) is 13.2 Å². The topological polar surface area (TPSA) is 136 Å². The summed E-state index contributed by atoms with van der Waals surface area (Å²) >= 11 is 0. The monoisotopic (exact) mass is 688 g/mol. The first-order valence-corrected chi connectivity index (χ1v) is 15.0. The Labute approximate surface area is 272 Å². The third kappa shape index (κ3) is 8.17. The number of nitrogens with two attached hydrogens (primary N) is 2. The van der Waals surface area contributed by atoms with Gasteiger partial charge in [-0.2, -0.15) is 13.2 Å². The molecule has 4 unspecified atom stereocenters. The Hall–Kier alpha value is -3.98. The summed E-state index contributed by atoms with van der Waals surface area (Å²) in [5.41, 5.74) is 7.35. The number of hydrogen-bond donors (Lipinski definition) is 2. The summed E-state index contributed by atoms with van der Waals surface area (Å²) in [7, 11) is 1.24. The molecule has 48 heavy (non-hydrogen) atoms. The van der Waals surface area contributed by atoms with Crippen LogP contribution < -0.4 is 31.3 Å². The van der Waals surface area contributed by atoms with E-state index in [2.05, 4.69) is 4.74 Å². The summed E-state index contributed by atoms with van der Waals surface area (Å²) in [5, 5.41) is 0.239. The Balaban J connectivity index is 1.61. The second kappa shape index (κ2) is 12.8. The van der Waals surface area contributed by atoms with Gasteiger partial charge in [-0.1, -0.05) is 0 Å². The van der Waals surface area contributed by atoms with Gasteiger partial charge in [0.15, 0.2) is 0 Å². The molecule has 0 aliphatic heterocycles. The predicted octanol–water partition coefficient (Wildman–Crippen LogP) is 6.87. The minimum Gasteiger partial charge on any atom is -0.497 e. The van der Waals surface area contributed by atoms with E-state index >= 15 is 0 Å². The minimum atomic E-state index is -5.07. The number of esters is 1. The van der Waals surface area contributed by atoms with Gasteiger partial charge in [-0.25, -0.2) is 4.79 Å². The number of rotatable bonds is 10. The van der Waals surface area contributed by atoms with Crippen molar-refractivity contribution in [3.8, 4) is 28.4 Å². The van der Waals surface area contributed by atoms with Gasteiger partial charge >= 0.3 is 24.1 Å². The highest BCUT2D eigenvalue weighted by Crippen LogP contribution is 2.45. The average molecular weight is 689 g/mol. The lowest BCUT2D eigenvalue weighted by atomic mass is 9.67. The number of ether oxygens (including phenoxy) is 4. The van der Waals surface area contributed by atoms with Gasteiger partial charge in [-0.3, -0.25) is 4.79 Å². The summed E-state index contributed by atoms with van der Waals surface area (Å²) in [4.78, 5) is 26.4. The van der Waals surface area contributed by atoms with Crippen LogP contribution in [0.1, 0.15) is 53.9 Å². The highest BCUT2D eigenvalue weighted by atomic mass is 19.4. The summed E-state index contributed by atoms with van der Waals surface area (Å²) in [5.74, 6) is -3.83. The number of methoxy groups -OCH3 is 1. The maximum absolute atomic E-state index is 14.4. The Kier molecular flexibility index (Phi) is 9.83. The van der Waals surface area contributed by atoms with Gasteiger partial charge in [0, 0.05) is 34.2 Å². The lowest BCUT2D eigenvalue weighted by Crippen LogP contribution is -2.59. The molecule has 1 aromatic heterocycles. The maximum atomic E-state index is 14.4. The van der Waals surface area contributed by atoms with Crippen LogP contribution in [0.25, 0.3) is 22.1 Å². The van der Waals surface area contributed by atoms with Crippen LogP contribution in [0.5, 0.6) is 17.2 Å². The van der Waals surface area contributed by atoms with Crippen LogP contribution in [0.15, 0.2) is 51.7 Å². The van der Waals surface area contributed by atoms with E-state index in [0.717, 1.165) is 6.07 Å². The zero-order valence-corrected chi connectivity index (χ0v) is 27.2. The first-order chi connectivity index (χ1) is 21.9. The minimum absolute atomic E-state index is 0.0443. The number of alkyl halides is 6. The second-order valence-corrected chi connectivity index (χ2v) is 13.5. The van der Waals surface area contributed by atoms with Crippen molar-refractivity contribution in [3.05, 3.63) is 52.9 Å². The van der Waals surface area contributed by atoms with E-state index in [9.17, 15) is 35.9 Å². The fraction of sp³-hybridized carbons (Fsp3) is 0.515. The zero-order valence-electron chi connectivity index (χ0n) is 27.2. The molecule has 1 aliphatic rings. The van der Waals surface area contributed by atoms with Gasteiger partial charge in [0.05, 0.1) is 18.1 Å². The van der Waals surface area contributed by atoms with E-state index in [-0.39, 0.29) is 52.9 Å². The number of benzene rings is 2. The Morgan fingerprint density at radius 2 is 1.50 bits per heavy atom. The molecule has 2 aromatic carbocycles. The molecule has 0 saturated heterocycles. The third-order valence-corrected chi connectivity index (χ3v) is 8.55. The molecule has 4 N–H and O–H groups in total. The van der Waals surface area contributed by atoms with Gasteiger partial charge in [0.2, 0.25) is 0 Å². The molecule has 4 atom stereocenters. The zero-order chi connectivity index (χ0) is 36.0.